The van der Waals surface area contributed by atoms with Crippen molar-refractivity contribution in [2.24, 2.45) is 5.16 Å². The predicted molar refractivity (Wildman–Crippen MR) is 56.3 cm³/mol. The summed E-state index contributed by atoms with van der Waals surface area (Å²) in [6.45, 7) is 3.75. The Bertz CT molecular complexity index is 176. The van der Waals surface area contributed by atoms with Gasteiger partial charge in [0.2, 0.25) is 0 Å². The average Bonchev–Trinajstić information content (AvgIpc) is 2.16. The van der Waals surface area contributed by atoms with Crippen LogP contribution in [0, 0.1) is 18.8 Å². The van der Waals surface area contributed by atoms with Gasteiger partial charge in [0.05, 0.1) is 0 Å². The monoisotopic (exact) mass is 180 g/mol. The van der Waals surface area contributed by atoms with Crippen LogP contribution in [0.4, 0.5) is 0 Å². The number of nitrogens with zero attached hydrogens (tertiary/aromatic N) is 1. The molecule has 0 aromatic heterocycles. The summed E-state index contributed by atoms with van der Waals surface area (Å²) in [5.74, 6) is 6.23. The second kappa shape index (κ2) is 11.0. The van der Waals surface area contributed by atoms with Gasteiger partial charge in [0, 0.05) is 19.1 Å². The second-order valence-corrected chi connectivity index (χ2v) is 2.67. The SMILES string of the molecule is [CH2]CCCC#CCCC/C=N\OC. The molecule has 0 bridgehead atoms. The molecule has 1 radical (unpaired) electrons. The van der Waals surface area contributed by atoms with Crippen LogP contribution in [0.15, 0.2) is 5.16 Å². The Morgan fingerprint density at radius 3 is 2.62 bits per heavy atom. The molecule has 0 aliphatic carbocycles. The van der Waals surface area contributed by atoms with Gasteiger partial charge in [0.15, 0.2) is 0 Å². The number of hydrogen-bond donors (Lipinski definition) is 0. The largest absolute Gasteiger partial charge is 0.399 e. The van der Waals surface area contributed by atoms with Gasteiger partial charge in [-0.05, 0) is 19.3 Å². The molecular weight excluding hydrogens is 162 g/mol. The van der Waals surface area contributed by atoms with Gasteiger partial charge in [-0.15, -0.1) is 11.8 Å². The van der Waals surface area contributed by atoms with Crippen LogP contribution in [-0.2, 0) is 4.84 Å². The van der Waals surface area contributed by atoms with E-state index in [1.165, 1.54) is 0 Å². The summed E-state index contributed by atoms with van der Waals surface area (Å²) in [6, 6.07) is 0. The van der Waals surface area contributed by atoms with Crippen molar-refractivity contribution in [2.75, 3.05) is 7.11 Å². The third-order valence-electron chi connectivity index (χ3n) is 1.49. The van der Waals surface area contributed by atoms with E-state index >= 15 is 0 Å². The zero-order chi connectivity index (χ0) is 9.78. The molecule has 0 aromatic carbocycles. The van der Waals surface area contributed by atoms with Gasteiger partial charge in [0.1, 0.15) is 7.11 Å². The number of rotatable bonds is 6. The minimum atomic E-state index is 0.942. The Balaban J connectivity index is 3.13. The van der Waals surface area contributed by atoms with Gasteiger partial charge in [-0.1, -0.05) is 18.5 Å². The molecule has 0 fully saturated rings. The summed E-state index contributed by atoms with van der Waals surface area (Å²) in [6.07, 6.45) is 7.80. The highest BCUT2D eigenvalue weighted by atomic mass is 16.6. The van der Waals surface area contributed by atoms with Gasteiger partial charge in [0.25, 0.3) is 0 Å². The van der Waals surface area contributed by atoms with Gasteiger partial charge < -0.3 is 4.84 Å². The maximum atomic E-state index is 4.53. The molecule has 0 N–H and O–H groups in total. The molecule has 0 aromatic rings. The molecule has 0 atom stereocenters. The Labute approximate surface area is 81.4 Å². The molecule has 0 unspecified atom stereocenters. The van der Waals surface area contributed by atoms with E-state index in [1.807, 2.05) is 0 Å². The summed E-state index contributed by atoms with van der Waals surface area (Å²) < 4.78 is 0. The van der Waals surface area contributed by atoms with Crippen molar-refractivity contribution in [1.82, 2.24) is 0 Å². The first kappa shape index (κ1) is 12.0. The van der Waals surface area contributed by atoms with Crippen LogP contribution in [0.5, 0.6) is 0 Å². The highest BCUT2D eigenvalue weighted by Crippen LogP contribution is 1.93. The summed E-state index contributed by atoms with van der Waals surface area (Å²) >= 11 is 0. The number of hydrogen-bond acceptors (Lipinski definition) is 2. The minimum Gasteiger partial charge on any atom is -0.399 e. The molecule has 0 rings (SSSR count). The Morgan fingerprint density at radius 2 is 2.00 bits per heavy atom. The van der Waals surface area contributed by atoms with E-state index in [9.17, 15) is 0 Å². The summed E-state index contributed by atoms with van der Waals surface area (Å²) in [5, 5.41) is 3.64. The standard InChI is InChI=1S/C11H18NO/c1-3-4-5-6-7-8-9-10-11-12-13-2/h11H,1,3-5,8-10H2,2H3/b12-11-. The van der Waals surface area contributed by atoms with Crippen molar-refractivity contribution in [3.8, 4) is 11.8 Å². The van der Waals surface area contributed by atoms with E-state index in [0.717, 1.165) is 38.5 Å². The van der Waals surface area contributed by atoms with E-state index in [4.69, 9.17) is 0 Å². The topological polar surface area (TPSA) is 21.6 Å². The van der Waals surface area contributed by atoms with Crippen molar-refractivity contribution < 1.29 is 4.84 Å². The predicted octanol–water partition coefficient (Wildman–Crippen LogP) is 2.80. The fourth-order valence-corrected chi connectivity index (χ4v) is 0.799. The van der Waals surface area contributed by atoms with Crippen LogP contribution in [0.1, 0.15) is 38.5 Å². The average molecular weight is 180 g/mol. The lowest BCUT2D eigenvalue weighted by Gasteiger charge is -1.87. The smallest absolute Gasteiger partial charge is 0.106 e. The lowest BCUT2D eigenvalue weighted by molar-refractivity contribution is 0.214. The maximum absolute atomic E-state index is 4.53. The highest BCUT2D eigenvalue weighted by Gasteiger charge is 1.81. The van der Waals surface area contributed by atoms with Gasteiger partial charge >= 0.3 is 0 Å². The van der Waals surface area contributed by atoms with Crippen LogP contribution in [0.3, 0.4) is 0 Å². The molecule has 0 heterocycles. The number of oxime groups is 1. The van der Waals surface area contributed by atoms with E-state index in [-0.39, 0.29) is 0 Å². The van der Waals surface area contributed by atoms with Crippen LogP contribution in [0.2, 0.25) is 0 Å². The van der Waals surface area contributed by atoms with Gasteiger partial charge in [-0.2, -0.15) is 0 Å². The van der Waals surface area contributed by atoms with E-state index in [2.05, 4.69) is 28.8 Å². The lowest BCUT2D eigenvalue weighted by Crippen LogP contribution is -1.77. The quantitative estimate of drug-likeness (QED) is 0.266. The maximum Gasteiger partial charge on any atom is 0.106 e. The van der Waals surface area contributed by atoms with Crippen molar-refractivity contribution in [3.63, 3.8) is 0 Å². The van der Waals surface area contributed by atoms with Crippen molar-refractivity contribution >= 4 is 6.21 Å². The highest BCUT2D eigenvalue weighted by molar-refractivity contribution is 5.56. The normalized spacial score (nSPS) is 9.69. The first-order valence-electron chi connectivity index (χ1n) is 4.71. The molecule has 2 heteroatoms. The van der Waals surface area contributed by atoms with Crippen LogP contribution >= 0.6 is 0 Å². The van der Waals surface area contributed by atoms with E-state index in [0.29, 0.717) is 0 Å². The van der Waals surface area contributed by atoms with E-state index in [1.54, 1.807) is 13.3 Å². The zero-order valence-electron chi connectivity index (χ0n) is 8.38. The van der Waals surface area contributed by atoms with Gasteiger partial charge in [-0.3, -0.25) is 0 Å². The van der Waals surface area contributed by atoms with Crippen LogP contribution in [-0.4, -0.2) is 13.3 Å². The van der Waals surface area contributed by atoms with Crippen molar-refractivity contribution in [3.05, 3.63) is 6.92 Å². The summed E-state index contributed by atoms with van der Waals surface area (Å²) in [5.41, 5.74) is 0. The minimum absolute atomic E-state index is 0.942. The molecule has 0 aliphatic heterocycles. The first-order chi connectivity index (χ1) is 6.41. The first-order valence-corrected chi connectivity index (χ1v) is 4.71. The fraction of sp³-hybridized carbons (Fsp3) is 0.636. The van der Waals surface area contributed by atoms with Crippen molar-refractivity contribution in [2.45, 2.75) is 38.5 Å². The zero-order valence-corrected chi connectivity index (χ0v) is 8.38. The van der Waals surface area contributed by atoms with Crippen molar-refractivity contribution in [1.29, 1.82) is 0 Å². The Hall–Kier alpha value is -0.970. The van der Waals surface area contributed by atoms with Crippen LogP contribution in [0.25, 0.3) is 0 Å². The van der Waals surface area contributed by atoms with E-state index < -0.39 is 0 Å². The molecule has 73 valence electrons. The number of unbranched alkanes of at least 4 members (excludes halogenated alkanes) is 4. The molecule has 0 saturated heterocycles. The third kappa shape index (κ3) is 11.0. The molecule has 13 heavy (non-hydrogen) atoms. The fourth-order valence-electron chi connectivity index (χ4n) is 0.799. The Kier molecular flexibility index (Phi) is 10.2. The summed E-state index contributed by atoms with van der Waals surface area (Å²) in [7, 11) is 1.55. The molecule has 0 amide bonds. The molecule has 0 saturated carbocycles. The lowest BCUT2D eigenvalue weighted by atomic mass is 10.2. The molecule has 2 nitrogen and oxygen atoms in total. The van der Waals surface area contributed by atoms with Crippen LogP contribution < -0.4 is 0 Å². The molecule has 0 spiro atoms. The van der Waals surface area contributed by atoms with Gasteiger partial charge in [-0.25, -0.2) is 0 Å². The second-order valence-electron chi connectivity index (χ2n) is 2.67. The summed E-state index contributed by atoms with van der Waals surface area (Å²) in [4.78, 5) is 4.53. The Morgan fingerprint density at radius 1 is 1.31 bits per heavy atom. The third-order valence-corrected chi connectivity index (χ3v) is 1.49. The molecular formula is C11H18NO. The molecule has 0 aliphatic rings.